The zero-order valence-corrected chi connectivity index (χ0v) is 11.9. The first-order chi connectivity index (χ1) is 9.57. The van der Waals surface area contributed by atoms with Crippen molar-refractivity contribution in [2.24, 2.45) is 11.3 Å². The van der Waals surface area contributed by atoms with Gasteiger partial charge >= 0.3 is 5.97 Å². The summed E-state index contributed by atoms with van der Waals surface area (Å²) < 4.78 is 0. The predicted octanol–water partition coefficient (Wildman–Crippen LogP) is 2.28. The summed E-state index contributed by atoms with van der Waals surface area (Å²) in [5.74, 6) is 2.18. The molecule has 20 heavy (non-hydrogen) atoms. The van der Waals surface area contributed by atoms with Crippen molar-refractivity contribution < 1.29 is 14.7 Å². The lowest BCUT2D eigenvalue weighted by Crippen LogP contribution is -2.41. The predicted molar refractivity (Wildman–Crippen MR) is 75.9 cm³/mol. The fourth-order valence-electron chi connectivity index (χ4n) is 3.07. The molecule has 0 heterocycles. The summed E-state index contributed by atoms with van der Waals surface area (Å²) >= 11 is 0. The number of amides is 1. The van der Waals surface area contributed by atoms with Crippen molar-refractivity contribution in [1.29, 1.82) is 0 Å². The van der Waals surface area contributed by atoms with Gasteiger partial charge in [-0.15, -0.1) is 6.42 Å². The Morgan fingerprint density at radius 1 is 1.25 bits per heavy atom. The third-order valence-corrected chi connectivity index (χ3v) is 4.56. The van der Waals surface area contributed by atoms with E-state index >= 15 is 0 Å². The van der Waals surface area contributed by atoms with E-state index in [0.29, 0.717) is 31.8 Å². The van der Waals surface area contributed by atoms with Crippen LogP contribution in [0.2, 0.25) is 0 Å². The summed E-state index contributed by atoms with van der Waals surface area (Å²) in [7, 11) is 0. The zero-order valence-electron chi connectivity index (χ0n) is 11.9. The Bertz CT molecular complexity index is 414. The molecular weight excluding hydrogens is 254 g/mol. The van der Waals surface area contributed by atoms with Gasteiger partial charge in [-0.1, -0.05) is 25.2 Å². The van der Waals surface area contributed by atoms with Crippen LogP contribution < -0.4 is 0 Å². The van der Waals surface area contributed by atoms with Gasteiger partial charge in [0.25, 0.3) is 0 Å². The van der Waals surface area contributed by atoms with Crippen LogP contribution in [0.5, 0.6) is 0 Å². The van der Waals surface area contributed by atoms with Crippen molar-refractivity contribution in [1.82, 2.24) is 4.90 Å². The molecule has 4 nitrogen and oxygen atoms in total. The van der Waals surface area contributed by atoms with Crippen LogP contribution in [-0.2, 0) is 9.59 Å². The minimum absolute atomic E-state index is 0.0841. The van der Waals surface area contributed by atoms with E-state index in [1.165, 1.54) is 0 Å². The molecule has 0 atom stereocenters. The molecular formula is C16H23NO3. The molecule has 2 rings (SSSR count). The van der Waals surface area contributed by atoms with E-state index in [9.17, 15) is 14.7 Å². The molecule has 2 fully saturated rings. The van der Waals surface area contributed by atoms with Crippen molar-refractivity contribution in [2.75, 3.05) is 13.1 Å². The highest BCUT2D eigenvalue weighted by atomic mass is 16.4. The number of carboxylic acid groups (broad SMARTS) is 1. The molecule has 0 unspecified atom stereocenters. The Balaban J connectivity index is 2.01. The van der Waals surface area contributed by atoms with Crippen LogP contribution in [0.15, 0.2) is 0 Å². The SMILES string of the molecule is C#CCN(CC1CC1)C(=O)CC1(C(=O)O)CCCCC1. The number of terminal acetylenes is 1. The minimum Gasteiger partial charge on any atom is -0.481 e. The van der Waals surface area contributed by atoms with Crippen molar-refractivity contribution in [3.05, 3.63) is 0 Å². The van der Waals surface area contributed by atoms with Gasteiger partial charge in [-0.25, -0.2) is 0 Å². The normalized spacial score (nSPS) is 20.9. The maximum atomic E-state index is 12.4. The van der Waals surface area contributed by atoms with Crippen LogP contribution in [0, 0.1) is 23.7 Å². The summed E-state index contributed by atoms with van der Waals surface area (Å²) in [6.45, 7) is 0.990. The smallest absolute Gasteiger partial charge is 0.310 e. The van der Waals surface area contributed by atoms with Gasteiger partial charge in [-0.05, 0) is 31.6 Å². The van der Waals surface area contributed by atoms with E-state index in [1.807, 2.05) is 0 Å². The number of hydrogen-bond acceptors (Lipinski definition) is 2. The van der Waals surface area contributed by atoms with E-state index in [-0.39, 0.29) is 12.3 Å². The number of carbonyl (C=O) groups is 2. The first-order valence-electron chi connectivity index (χ1n) is 7.52. The van der Waals surface area contributed by atoms with Crippen molar-refractivity contribution in [3.8, 4) is 12.3 Å². The number of hydrogen-bond donors (Lipinski definition) is 1. The Hall–Kier alpha value is -1.50. The molecule has 0 bridgehead atoms. The van der Waals surface area contributed by atoms with Gasteiger partial charge in [0.05, 0.1) is 12.0 Å². The molecule has 0 radical (unpaired) electrons. The van der Waals surface area contributed by atoms with Gasteiger partial charge in [-0.3, -0.25) is 9.59 Å². The van der Waals surface area contributed by atoms with E-state index in [2.05, 4.69) is 5.92 Å². The lowest BCUT2D eigenvalue weighted by atomic mass is 9.71. The monoisotopic (exact) mass is 277 g/mol. The Morgan fingerprint density at radius 2 is 1.90 bits per heavy atom. The molecule has 2 aliphatic rings. The lowest BCUT2D eigenvalue weighted by Gasteiger charge is -2.34. The van der Waals surface area contributed by atoms with Crippen molar-refractivity contribution >= 4 is 11.9 Å². The molecule has 0 spiro atoms. The van der Waals surface area contributed by atoms with Crippen LogP contribution in [0.4, 0.5) is 0 Å². The number of carboxylic acids is 1. The second kappa shape index (κ2) is 6.30. The molecule has 2 saturated carbocycles. The molecule has 0 aromatic heterocycles. The van der Waals surface area contributed by atoms with E-state index in [1.54, 1.807) is 4.90 Å². The standard InChI is InChI=1S/C16H23NO3/c1-2-10-17(12-13-6-7-13)14(18)11-16(15(19)20)8-4-3-5-9-16/h1,13H,3-12H2,(H,19,20). The summed E-state index contributed by atoms with van der Waals surface area (Å²) in [5.41, 5.74) is -0.855. The average Bonchev–Trinajstić information content (AvgIpc) is 3.23. The summed E-state index contributed by atoms with van der Waals surface area (Å²) in [6, 6.07) is 0. The maximum absolute atomic E-state index is 12.4. The first kappa shape index (κ1) is 14.9. The molecule has 0 aliphatic heterocycles. The van der Waals surface area contributed by atoms with E-state index < -0.39 is 11.4 Å². The van der Waals surface area contributed by atoms with Gasteiger partial charge in [0, 0.05) is 13.0 Å². The third kappa shape index (κ3) is 3.53. The van der Waals surface area contributed by atoms with Crippen LogP contribution >= 0.6 is 0 Å². The van der Waals surface area contributed by atoms with Crippen LogP contribution in [0.1, 0.15) is 51.4 Å². The molecule has 1 N–H and O–H groups in total. The van der Waals surface area contributed by atoms with Gasteiger partial charge in [-0.2, -0.15) is 0 Å². The number of aliphatic carboxylic acids is 1. The molecule has 0 aromatic carbocycles. The summed E-state index contributed by atoms with van der Waals surface area (Å²) in [5, 5.41) is 9.53. The second-order valence-electron chi connectivity index (χ2n) is 6.24. The van der Waals surface area contributed by atoms with Gasteiger partial charge in [0.15, 0.2) is 0 Å². The molecule has 1 amide bonds. The summed E-state index contributed by atoms with van der Waals surface area (Å²) in [6.07, 6.45) is 11.8. The third-order valence-electron chi connectivity index (χ3n) is 4.56. The highest BCUT2D eigenvalue weighted by Gasteiger charge is 2.42. The van der Waals surface area contributed by atoms with Gasteiger partial charge in [0.2, 0.25) is 5.91 Å². The van der Waals surface area contributed by atoms with Gasteiger partial charge < -0.3 is 10.0 Å². The fourth-order valence-corrected chi connectivity index (χ4v) is 3.07. The Labute approximate surface area is 120 Å². The molecule has 110 valence electrons. The highest BCUT2D eigenvalue weighted by molar-refractivity contribution is 5.85. The zero-order chi connectivity index (χ0) is 14.6. The number of nitrogens with zero attached hydrogens (tertiary/aromatic N) is 1. The summed E-state index contributed by atoms with van der Waals surface area (Å²) in [4.78, 5) is 25.7. The van der Waals surface area contributed by atoms with Crippen LogP contribution in [0.25, 0.3) is 0 Å². The average molecular weight is 277 g/mol. The molecule has 4 heteroatoms. The topological polar surface area (TPSA) is 57.6 Å². The van der Waals surface area contributed by atoms with Crippen LogP contribution in [-0.4, -0.2) is 35.0 Å². The fraction of sp³-hybridized carbons (Fsp3) is 0.750. The van der Waals surface area contributed by atoms with Crippen molar-refractivity contribution in [3.63, 3.8) is 0 Å². The van der Waals surface area contributed by atoms with E-state index in [4.69, 9.17) is 6.42 Å². The minimum atomic E-state index is -0.855. The van der Waals surface area contributed by atoms with Crippen LogP contribution in [0.3, 0.4) is 0 Å². The van der Waals surface area contributed by atoms with Crippen molar-refractivity contribution in [2.45, 2.75) is 51.4 Å². The second-order valence-corrected chi connectivity index (χ2v) is 6.24. The molecule has 0 saturated heterocycles. The first-order valence-corrected chi connectivity index (χ1v) is 7.52. The Kier molecular flexibility index (Phi) is 4.69. The lowest BCUT2D eigenvalue weighted by molar-refractivity contribution is -0.156. The number of rotatable bonds is 6. The Morgan fingerprint density at radius 3 is 2.40 bits per heavy atom. The largest absolute Gasteiger partial charge is 0.481 e. The molecule has 0 aromatic rings. The number of carbonyl (C=O) groups excluding carboxylic acids is 1. The van der Waals surface area contributed by atoms with Gasteiger partial charge in [0.1, 0.15) is 0 Å². The quantitative estimate of drug-likeness (QED) is 0.758. The molecule has 2 aliphatic carbocycles. The van der Waals surface area contributed by atoms with E-state index in [0.717, 1.165) is 32.1 Å². The highest BCUT2D eigenvalue weighted by Crippen LogP contribution is 2.40. The maximum Gasteiger partial charge on any atom is 0.310 e.